The van der Waals surface area contributed by atoms with E-state index in [0.717, 1.165) is 11.3 Å². The molecule has 0 saturated heterocycles. The highest BCUT2D eigenvalue weighted by molar-refractivity contribution is 5.84. The number of rotatable bonds is 0. The molecular formula is C13H17NO3. The topological polar surface area (TPSA) is 48.3 Å². The average molecular weight is 235 g/mol. The van der Waals surface area contributed by atoms with Crippen LogP contribution in [0.15, 0.2) is 12.3 Å². The molecule has 1 aromatic heterocycles. The summed E-state index contributed by atoms with van der Waals surface area (Å²) in [4.78, 5) is 23.2. The predicted octanol–water partition coefficient (Wildman–Crippen LogP) is 2.33. The number of Topliss-reactive ketones (excluding diaryl/α,β-unsaturated/α-hetero) is 1. The number of carbonyl (C=O) groups is 2. The number of ketones is 1. The average Bonchev–Trinajstić information content (AvgIpc) is 2.57. The number of ether oxygens (including phenoxy) is 1. The predicted molar refractivity (Wildman–Crippen MR) is 63.1 cm³/mol. The molecule has 92 valence electrons. The van der Waals surface area contributed by atoms with Crippen molar-refractivity contribution in [3.8, 4) is 0 Å². The van der Waals surface area contributed by atoms with E-state index in [1.807, 2.05) is 26.8 Å². The van der Waals surface area contributed by atoms with Crippen molar-refractivity contribution < 1.29 is 14.3 Å². The van der Waals surface area contributed by atoms with Gasteiger partial charge < -0.3 is 4.74 Å². The molecule has 4 heteroatoms. The fourth-order valence-electron chi connectivity index (χ4n) is 1.99. The van der Waals surface area contributed by atoms with Crippen LogP contribution in [0, 0.1) is 0 Å². The molecule has 4 nitrogen and oxygen atoms in total. The number of fused-ring (bicyclic) bond motifs is 1. The Labute approximate surface area is 101 Å². The smallest absolute Gasteiger partial charge is 0.418 e. The van der Waals surface area contributed by atoms with E-state index in [1.165, 1.54) is 4.57 Å². The quantitative estimate of drug-likeness (QED) is 0.693. The van der Waals surface area contributed by atoms with Crippen molar-refractivity contribution in [1.82, 2.24) is 4.57 Å². The Hall–Kier alpha value is -1.58. The lowest BCUT2D eigenvalue weighted by Crippen LogP contribution is -2.28. The maximum atomic E-state index is 11.9. The summed E-state index contributed by atoms with van der Waals surface area (Å²) in [5.41, 5.74) is 1.37. The first-order valence-corrected chi connectivity index (χ1v) is 5.81. The van der Waals surface area contributed by atoms with Crippen molar-refractivity contribution in [2.24, 2.45) is 0 Å². The van der Waals surface area contributed by atoms with Gasteiger partial charge in [-0.1, -0.05) is 0 Å². The largest absolute Gasteiger partial charge is 0.443 e. The fraction of sp³-hybridized carbons (Fsp3) is 0.538. The van der Waals surface area contributed by atoms with Gasteiger partial charge in [0, 0.05) is 24.7 Å². The van der Waals surface area contributed by atoms with Crippen LogP contribution in [0.25, 0.3) is 0 Å². The first-order chi connectivity index (χ1) is 7.87. The zero-order valence-electron chi connectivity index (χ0n) is 10.4. The van der Waals surface area contributed by atoms with Crippen molar-refractivity contribution >= 4 is 11.9 Å². The lowest BCUT2D eigenvalue weighted by Gasteiger charge is -2.21. The highest BCUT2D eigenvalue weighted by Crippen LogP contribution is 2.21. The van der Waals surface area contributed by atoms with Crippen LogP contribution in [0.5, 0.6) is 0 Å². The van der Waals surface area contributed by atoms with E-state index in [0.29, 0.717) is 19.3 Å². The van der Waals surface area contributed by atoms with E-state index in [2.05, 4.69) is 0 Å². The Morgan fingerprint density at radius 1 is 1.35 bits per heavy atom. The Bertz CT molecular complexity index is 465. The van der Waals surface area contributed by atoms with Gasteiger partial charge in [0.15, 0.2) is 0 Å². The van der Waals surface area contributed by atoms with Crippen LogP contribution in [-0.4, -0.2) is 22.0 Å². The Morgan fingerprint density at radius 3 is 2.71 bits per heavy atom. The summed E-state index contributed by atoms with van der Waals surface area (Å²) >= 11 is 0. The van der Waals surface area contributed by atoms with Crippen LogP contribution in [0.2, 0.25) is 0 Å². The lowest BCUT2D eigenvalue weighted by molar-refractivity contribution is -0.118. The van der Waals surface area contributed by atoms with Gasteiger partial charge in [-0.15, -0.1) is 0 Å². The molecule has 0 bridgehead atoms. The zero-order valence-corrected chi connectivity index (χ0v) is 10.4. The summed E-state index contributed by atoms with van der Waals surface area (Å²) < 4.78 is 6.83. The van der Waals surface area contributed by atoms with Gasteiger partial charge in [0.1, 0.15) is 11.4 Å². The van der Waals surface area contributed by atoms with Gasteiger partial charge in [0.25, 0.3) is 0 Å². The Kier molecular flexibility index (Phi) is 2.81. The first kappa shape index (κ1) is 11.9. The minimum atomic E-state index is -0.501. The van der Waals surface area contributed by atoms with Gasteiger partial charge in [-0.2, -0.15) is 0 Å². The molecule has 0 atom stereocenters. The maximum absolute atomic E-state index is 11.9. The van der Waals surface area contributed by atoms with E-state index >= 15 is 0 Å². The van der Waals surface area contributed by atoms with Gasteiger partial charge in [-0.05, 0) is 38.8 Å². The normalized spacial score (nSPS) is 15.6. The number of hydrogen-bond acceptors (Lipinski definition) is 3. The fourth-order valence-corrected chi connectivity index (χ4v) is 1.99. The van der Waals surface area contributed by atoms with Crippen LogP contribution >= 0.6 is 0 Å². The van der Waals surface area contributed by atoms with E-state index in [-0.39, 0.29) is 11.9 Å². The van der Waals surface area contributed by atoms with E-state index in [9.17, 15) is 9.59 Å². The Morgan fingerprint density at radius 2 is 2.06 bits per heavy atom. The molecule has 0 amide bonds. The molecule has 0 aliphatic heterocycles. The summed E-state index contributed by atoms with van der Waals surface area (Å²) in [6.07, 6.45) is 2.90. The molecule has 1 aliphatic rings. The van der Waals surface area contributed by atoms with Crippen LogP contribution in [0.4, 0.5) is 4.79 Å². The van der Waals surface area contributed by atoms with Crippen molar-refractivity contribution in [2.75, 3.05) is 0 Å². The van der Waals surface area contributed by atoms with Gasteiger partial charge in [-0.25, -0.2) is 4.79 Å². The maximum Gasteiger partial charge on any atom is 0.418 e. The van der Waals surface area contributed by atoms with Crippen molar-refractivity contribution in [3.05, 3.63) is 23.5 Å². The zero-order chi connectivity index (χ0) is 12.6. The van der Waals surface area contributed by atoms with Crippen molar-refractivity contribution in [1.29, 1.82) is 0 Å². The molecule has 1 heterocycles. The lowest BCUT2D eigenvalue weighted by atomic mass is 9.97. The van der Waals surface area contributed by atoms with Crippen molar-refractivity contribution in [2.45, 2.75) is 45.6 Å². The van der Waals surface area contributed by atoms with Gasteiger partial charge in [0.05, 0.1) is 0 Å². The number of aromatic nitrogens is 1. The Balaban J connectivity index is 2.23. The molecule has 0 unspecified atom stereocenters. The van der Waals surface area contributed by atoms with E-state index in [4.69, 9.17) is 4.74 Å². The molecule has 1 aliphatic carbocycles. The molecule has 0 aromatic carbocycles. The molecule has 0 spiro atoms. The highest BCUT2D eigenvalue weighted by Gasteiger charge is 2.24. The third-order valence-electron chi connectivity index (χ3n) is 2.70. The molecule has 0 radical (unpaired) electrons. The first-order valence-electron chi connectivity index (χ1n) is 5.81. The molecule has 1 aromatic rings. The number of nitrogens with zero attached hydrogens (tertiary/aromatic N) is 1. The summed E-state index contributed by atoms with van der Waals surface area (Å²) in [6.45, 7) is 5.51. The monoisotopic (exact) mass is 235 g/mol. The second-order valence-corrected chi connectivity index (χ2v) is 5.35. The minimum Gasteiger partial charge on any atom is -0.443 e. The molecule has 0 fully saturated rings. The standard InChI is InChI=1S/C13H17NO3/c1-13(2,3)17-12(16)14-7-6-9-8-10(15)4-5-11(9)14/h6-7H,4-5,8H2,1-3H3. The third-order valence-corrected chi connectivity index (χ3v) is 2.70. The summed E-state index contributed by atoms with van der Waals surface area (Å²) in [5.74, 6) is 0.236. The van der Waals surface area contributed by atoms with E-state index < -0.39 is 5.60 Å². The summed E-state index contributed by atoms with van der Waals surface area (Å²) in [7, 11) is 0. The molecule has 2 rings (SSSR count). The molecule has 17 heavy (non-hydrogen) atoms. The van der Waals surface area contributed by atoms with Gasteiger partial charge in [0.2, 0.25) is 0 Å². The molecular weight excluding hydrogens is 218 g/mol. The van der Waals surface area contributed by atoms with Crippen LogP contribution in [-0.2, 0) is 22.4 Å². The summed E-state index contributed by atoms with van der Waals surface area (Å²) in [6, 6.07) is 1.83. The van der Waals surface area contributed by atoms with Gasteiger partial charge >= 0.3 is 6.09 Å². The number of hydrogen-bond donors (Lipinski definition) is 0. The van der Waals surface area contributed by atoms with Gasteiger partial charge in [-0.3, -0.25) is 9.36 Å². The second kappa shape index (κ2) is 4.02. The van der Waals surface area contributed by atoms with E-state index in [1.54, 1.807) is 6.20 Å². The second-order valence-electron chi connectivity index (χ2n) is 5.35. The van der Waals surface area contributed by atoms with Crippen molar-refractivity contribution in [3.63, 3.8) is 0 Å². The SMILES string of the molecule is CC(C)(C)OC(=O)n1ccc2c1CCC(=O)C2. The minimum absolute atomic E-state index is 0.236. The van der Waals surface area contributed by atoms with Crippen LogP contribution in [0.1, 0.15) is 38.4 Å². The van der Waals surface area contributed by atoms with Crippen LogP contribution in [0.3, 0.4) is 0 Å². The molecule has 0 saturated carbocycles. The third kappa shape index (κ3) is 2.57. The van der Waals surface area contributed by atoms with Crippen LogP contribution < -0.4 is 0 Å². The highest BCUT2D eigenvalue weighted by atomic mass is 16.6. The summed E-state index contributed by atoms with van der Waals surface area (Å²) in [5, 5.41) is 0. The molecule has 0 N–H and O–H groups in total. The number of carbonyl (C=O) groups excluding carboxylic acids is 2.